The SMILES string of the molecule is COC1=C/C(=N\c2cnn(Cc3ccc[n+](C)c3)c2N)C(NCCO)=CC1=N. The highest BCUT2D eigenvalue weighted by atomic mass is 16.5. The lowest BCUT2D eigenvalue weighted by Gasteiger charge is -2.17. The van der Waals surface area contributed by atoms with Crippen molar-refractivity contribution in [3.8, 4) is 0 Å². The van der Waals surface area contributed by atoms with Crippen LogP contribution in [0.5, 0.6) is 0 Å². The number of hydrogen-bond acceptors (Lipinski definition) is 7. The molecule has 0 unspecified atom stereocenters. The Morgan fingerprint density at radius 2 is 2.25 bits per heavy atom. The highest BCUT2D eigenvalue weighted by Gasteiger charge is 2.18. The Hall–Kier alpha value is -3.46. The zero-order valence-electron chi connectivity index (χ0n) is 15.9. The van der Waals surface area contributed by atoms with Gasteiger partial charge in [-0.1, -0.05) is 0 Å². The Balaban J connectivity index is 1.90. The Labute approximate surface area is 163 Å². The number of methoxy groups -OCH3 is 1. The van der Waals surface area contributed by atoms with E-state index in [1.807, 2.05) is 36.1 Å². The van der Waals surface area contributed by atoms with E-state index in [0.29, 0.717) is 41.8 Å². The van der Waals surface area contributed by atoms with Gasteiger partial charge in [-0.15, -0.1) is 0 Å². The molecule has 2 heterocycles. The second kappa shape index (κ2) is 8.49. The molecule has 9 heteroatoms. The van der Waals surface area contributed by atoms with E-state index in [2.05, 4.69) is 15.4 Å². The maximum atomic E-state index is 9.09. The molecule has 0 radical (unpaired) electrons. The van der Waals surface area contributed by atoms with Crippen LogP contribution in [0, 0.1) is 5.41 Å². The monoisotopic (exact) mass is 382 g/mol. The summed E-state index contributed by atoms with van der Waals surface area (Å²) in [4.78, 5) is 4.60. The van der Waals surface area contributed by atoms with Gasteiger partial charge in [-0.05, 0) is 12.1 Å². The van der Waals surface area contributed by atoms with Crippen LogP contribution in [0.2, 0.25) is 0 Å². The number of allylic oxidation sites excluding steroid dienone is 2. The third-order valence-corrected chi connectivity index (χ3v) is 4.18. The highest BCUT2D eigenvalue weighted by Crippen LogP contribution is 2.24. The Bertz CT molecular complexity index is 972. The second-order valence-corrected chi connectivity index (χ2v) is 6.28. The normalized spacial score (nSPS) is 15.4. The molecule has 28 heavy (non-hydrogen) atoms. The van der Waals surface area contributed by atoms with Crippen molar-refractivity contribution in [3.63, 3.8) is 0 Å². The maximum absolute atomic E-state index is 9.09. The van der Waals surface area contributed by atoms with Crippen LogP contribution in [0.25, 0.3) is 0 Å². The summed E-state index contributed by atoms with van der Waals surface area (Å²) in [6.45, 7) is 0.835. The molecule has 1 aliphatic carbocycles. The average Bonchev–Trinajstić information content (AvgIpc) is 3.01. The number of aromatic nitrogens is 3. The summed E-state index contributed by atoms with van der Waals surface area (Å²) in [6, 6.07) is 3.97. The first kappa shape index (κ1) is 19.3. The number of aliphatic hydroxyl groups excluding tert-OH is 1. The molecule has 0 atom stereocenters. The van der Waals surface area contributed by atoms with Crippen molar-refractivity contribution in [1.82, 2.24) is 15.1 Å². The van der Waals surface area contributed by atoms with Crippen molar-refractivity contribution in [3.05, 3.63) is 59.9 Å². The van der Waals surface area contributed by atoms with Gasteiger partial charge in [0.25, 0.3) is 0 Å². The van der Waals surface area contributed by atoms with Crippen LogP contribution >= 0.6 is 0 Å². The third-order valence-electron chi connectivity index (χ3n) is 4.18. The summed E-state index contributed by atoms with van der Waals surface area (Å²) in [6.07, 6.45) is 8.84. The van der Waals surface area contributed by atoms with Crippen LogP contribution < -0.4 is 15.6 Å². The van der Waals surface area contributed by atoms with Crippen molar-refractivity contribution < 1.29 is 14.4 Å². The molecule has 0 aromatic carbocycles. The highest BCUT2D eigenvalue weighted by molar-refractivity contribution is 6.22. The van der Waals surface area contributed by atoms with Crippen LogP contribution in [-0.2, 0) is 18.3 Å². The smallest absolute Gasteiger partial charge is 0.173 e. The van der Waals surface area contributed by atoms with E-state index in [1.165, 1.54) is 7.11 Å². The molecule has 0 aliphatic heterocycles. The first-order valence-corrected chi connectivity index (χ1v) is 8.77. The molecule has 0 fully saturated rings. The molecule has 0 saturated carbocycles. The number of nitrogens with zero attached hydrogens (tertiary/aromatic N) is 4. The van der Waals surface area contributed by atoms with E-state index in [-0.39, 0.29) is 12.3 Å². The third kappa shape index (κ3) is 4.26. The van der Waals surface area contributed by atoms with Crippen LogP contribution in [0.1, 0.15) is 5.56 Å². The summed E-state index contributed by atoms with van der Waals surface area (Å²) in [7, 11) is 3.46. The van der Waals surface area contributed by atoms with E-state index in [1.54, 1.807) is 23.0 Å². The topological polar surface area (TPSA) is 125 Å². The predicted octanol–water partition coefficient (Wildman–Crippen LogP) is 0.440. The fraction of sp³-hybridized carbons (Fsp3) is 0.263. The minimum absolute atomic E-state index is 0.0343. The van der Waals surface area contributed by atoms with Gasteiger partial charge in [0, 0.05) is 24.3 Å². The molecule has 0 spiro atoms. The van der Waals surface area contributed by atoms with Gasteiger partial charge in [0.2, 0.25) is 0 Å². The molecular weight excluding hydrogens is 358 g/mol. The Kier molecular flexibility index (Phi) is 5.85. The van der Waals surface area contributed by atoms with Crippen molar-refractivity contribution in [2.75, 3.05) is 26.0 Å². The molecular formula is C19H24N7O2+. The zero-order chi connectivity index (χ0) is 20.1. The number of anilines is 1. The maximum Gasteiger partial charge on any atom is 0.173 e. The molecule has 0 bridgehead atoms. The first-order valence-electron chi connectivity index (χ1n) is 8.77. The summed E-state index contributed by atoms with van der Waals surface area (Å²) >= 11 is 0. The number of hydrogen-bond donors (Lipinski definition) is 4. The number of aliphatic imine (C=N–C) groups is 1. The lowest BCUT2D eigenvalue weighted by atomic mass is 10.1. The van der Waals surface area contributed by atoms with E-state index < -0.39 is 0 Å². The van der Waals surface area contributed by atoms with Gasteiger partial charge in [0.1, 0.15) is 24.3 Å². The second-order valence-electron chi connectivity index (χ2n) is 6.28. The zero-order valence-corrected chi connectivity index (χ0v) is 15.9. The molecule has 2 aromatic heterocycles. The van der Waals surface area contributed by atoms with E-state index in [9.17, 15) is 0 Å². The van der Waals surface area contributed by atoms with Crippen LogP contribution in [0.15, 0.2) is 59.3 Å². The van der Waals surface area contributed by atoms with Crippen LogP contribution in [0.4, 0.5) is 11.5 Å². The first-order chi connectivity index (χ1) is 13.5. The van der Waals surface area contributed by atoms with Crippen molar-refractivity contribution in [2.24, 2.45) is 12.0 Å². The summed E-state index contributed by atoms with van der Waals surface area (Å²) in [5.41, 5.74) is 9.24. The number of nitrogen functional groups attached to an aromatic ring is 1. The van der Waals surface area contributed by atoms with Crippen molar-refractivity contribution in [1.29, 1.82) is 5.41 Å². The fourth-order valence-corrected chi connectivity index (χ4v) is 2.81. The minimum atomic E-state index is -0.0343. The summed E-state index contributed by atoms with van der Waals surface area (Å²) in [5, 5.41) is 24.5. The number of aryl methyl sites for hydroxylation is 1. The lowest BCUT2D eigenvalue weighted by Crippen LogP contribution is -2.27. The van der Waals surface area contributed by atoms with Gasteiger partial charge in [0.05, 0.1) is 43.6 Å². The molecule has 2 aromatic rings. The summed E-state index contributed by atoms with van der Waals surface area (Å²) < 4.78 is 8.88. The minimum Gasteiger partial charge on any atom is -0.494 e. The molecule has 1 aliphatic rings. The molecule has 146 valence electrons. The number of pyridine rings is 1. The molecule has 5 N–H and O–H groups in total. The number of nitrogens with two attached hydrogens (primary N) is 1. The number of rotatable bonds is 7. The van der Waals surface area contributed by atoms with Gasteiger partial charge in [-0.25, -0.2) is 14.2 Å². The van der Waals surface area contributed by atoms with Gasteiger partial charge >= 0.3 is 0 Å². The largest absolute Gasteiger partial charge is 0.494 e. The predicted molar refractivity (Wildman–Crippen MR) is 106 cm³/mol. The quantitative estimate of drug-likeness (QED) is 0.408. The molecule has 0 saturated heterocycles. The number of ether oxygens (including phenoxy) is 1. The van der Waals surface area contributed by atoms with Crippen LogP contribution in [-0.4, -0.2) is 46.6 Å². The molecule has 0 amide bonds. The van der Waals surface area contributed by atoms with E-state index in [0.717, 1.165) is 5.56 Å². The standard InChI is InChI=1S/C19H24N7O2/c1-25-6-3-4-13(11-25)12-26-19(21)17(10-23-26)24-16-9-18(28-2)14(20)8-15(16)22-5-7-27/h3-4,6,8-11,20,22,27H,5,7,12,21H2,1-2H3/q+1/b20-14?,24-16+. The van der Waals surface area contributed by atoms with Gasteiger partial charge in [-0.2, -0.15) is 5.10 Å². The average molecular weight is 382 g/mol. The van der Waals surface area contributed by atoms with Crippen LogP contribution in [0.3, 0.4) is 0 Å². The molecule has 3 rings (SSSR count). The lowest BCUT2D eigenvalue weighted by molar-refractivity contribution is -0.671. The summed E-state index contributed by atoms with van der Waals surface area (Å²) in [5.74, 6) is 0.838. The van der Waals surface area contributed by atoms with E-state index >= 15 is 0 Å². The number of nitrogens with one attached hydrogen (secondary N) is 2. The fourth-order valence-electron chi connectivity index (χ4n) is 2.81. The van der Waals surface area contributed by atoms with Crippen molar-refractivity contribution >= 4 is 22.9 Å². The van der Waals surface area contributed by atoms with E-state index in [4.69, 9.17) is 21.0 Å². The Morgan fingerprint density at radius 1 is 1.43 bits per heavy atom. The Morgan fingerprint density at radius 3 is 2.96 bits per heavy atom. The van der Waals surface area contributed by atoms with Gasteiger partial charge in [0.15, 0.2) is 12.4 Å². The van der Waals surface area contributed by atoms with Gasteiger partial charge < -0.3 is 20.9 Å². The number of aliphatic hydroxyl groups is 1. The van der Waals surface area contributed by atoms with Crippen molar-refractivity contribution in [2.45, 2.75) is 6.54 Å². The van der Waals surface area contributed by atoms with Gasteiger partial charge in [-0.3, -0.25) is 5.41 Å². The molecule has 9 nitrogen and oxygen atoms in total.